The molecule has 0 bridgehead atoms. The zero-order chi connectivity index (χ0) is 15.4. The van der Waals surface area contributed by atoms with Gasteiger partial charge >= 0.3 is 0 Å². The molecule has 1 aromatic rings. The van der Waals surface area contributed by atoms with Gasteiger partial charge in [0, 0.05) is 30.7 Å². The van der Waals surface area contributed by atoms with Gasteiger partial charge in [0.1, 0.15) is 5.69 Å². The van der Waals surface area contributed by atoms with Crippen LogP contribution in [0.3, 0.4) is 0 Å². The highest BCUT2D eigenvalue weighted by atomic mass is 16.6. The SMILES string of the molecule is CCC1OCCC1CNC(=O)c1ccc(N)c([N+](=O)[O-])c1. The lowest BCUT2D eigenvalue weighted by Gasteiger charge is -2.17. The van der Waals surface area contributed by atoms with Crippen molar-refractivity contribution in [3.8, 4) is 0 Å². The Hall–Kier alpha value is -2.15. The van der Waals surface area contributed by atoms with Crippen LogP contribution >= 0.6 is 0 Å². The Morgan fingerprint density at radius 3 is 3.00 bits per heavy atom. The van der Waals surface area contributed by atoms with Crippen molar-refractivity contribution in [3.05, 3.63) is 33.9 Å². The van der Waals surface area contributed by atoms with Gasteiger partial charge in [-0.15, -0.1) is 0 Å². The van der Waals surface area contributed by atoms with Crippen LogP contribution in [0, 0.1) is 16.0 Å². The van der Waals surface area contributed by atoms with Crippen molar-refractivity contribution in [3.63, 3.8) is 0 Å². The lowest BCUT2D eigenvalue weighted by atomic mass is 9.99. The van der Waals surface area contributed by atoms with Gasteiger partial charge in [-0.1, -0.05) is 6.92 Å². The summed E-state index contributed by atoms with van der Waals surface area (Å²) in [5.74, 6) is -0.0393. The molecule has 2 unspecified atom stereocenters. The minimum Gasteiger partial charge on any atom is -0.393 e. The van der Waals surface area contributed by atoms with E-state index < -0.39 is 4.92 Å². The molecule has 1 heterocycles. The van der Waals surface area contributed by atoms with Crippen LogP contribution in [-0.2, 0) is 4.74 Å². The van der Waals surface area contributed by atoms with E-state index in [1.165, 1.54) is 18.2 Å². The van der Waals surface area contributed by atoms with Crippen LogP contribution in [0.25, 0.3) is 0 Å². The number of nitro groups is 1. The number of carbonyl (C=O) groups excluding carboxylic acids is 1. The second-order valence-electron chi connectivity index (χ2n) is 5.11. The molecular formula is C14H19N3O4. The third-order valence-corrected chi connectivity index (χ3v) is 3.76. The molecule has 0 aromatic heterocycles. The number of nitrogens with zero attached hydrogens (tertiary/aromatic N) is 1. The van der Waals surface area contributed by atoms with Gasteiger partial charge in [-0.3, -0.25) is 14.9 Å². The molecule has 7 heteroatoms. The smallest absolute Gasteiger partial charge is 0.292 e. The molecular weight excluding hydrogens is 274 g/mol. The summed E-state index contributed by atoms with van der Waals surface area (Å²) >= 11 is 0. The fourth-order valence-electron chi connectivity index (χ4n) is 2.55. The maximum Gasteiger partial charge on any atom is 0.292 e. The van der Waals surface area contributed by atoms with E-state index in [-0.39, 0.29) is 28.9 Å². The van der Waals surface area contributed by atoms with Crippen molar-refractivity contribution in [2.45, 2.75) is 25.9 Å². The van der Waals surface area contributed by atoms with Crippen molar-refractivity contribution in [1.29, 1.82) is 0 Å². The van der Waals surface area contributed by atoms with Crippen LogP contribution in [0.4, 0.5) is 11.4 Å². The average molecular weight is 293 g/mol. The summed E-state index contributed by atoms with van der Waals surface area (Å²) in [5, 5.41) is 13.6. The van der Waals surface area contributed by atoms with Crippen molar-refractivity contribution < 1.29 is 14.5 Å². The summed E-state index contributed by atoms with van der Waals surface area (Å²) in [6, 6.07) is 4.06. The molecule has 1 aliphatic heterocycles. The Kier molecular flexibility index (Phi) is 4.74. The van der Waals surface area contributed by atoms with Crippen molar-refractivity contribution >= 4 is 17.3 Å². The van der Waals surface area contributed by atoms with Crippen LogP contribution in [0.1, 0.15) is 30.1 Å². The van der Waals surface area contributed by atoms with E-state index in [4.69, 9.17) is 10.5 Å². The molecule has 2 rings (SSSR count). The van der Waals surface area contributed by atoms with E-state index in [0.29, 0.717) is 19.1 Å². The molecule has 1 aromatic carbocycles. The number of benzene rings is 1. The van der Waals surface area contributed by atoms with E-state index in [2.05, 4.69) is 5.32 Å². The molecule has 1 saturated heterocycles. The van der Waals surface area contributed by atoms with Gasteiger partial charge in [0.05, 0.1) is 11.0 Å². The quantitative estimate of drug-likeness (QED) is 0.488. The Bertz CT molecular complexity index is 547. The number of carbonyl (C=O) groups is 1. The Morgan fingerprint density at radius 1 is 1.57 bits per heavy atom. The molecule has 7 nitrogen and oxygen atoms in total. The summed E-state index contributed by atoms with van der Waals surface area (Å²) in [6.07, 6.45) is 2.00. The number of hydrogen-bond acceptors (Lipinski definition) is 5. The number of ether oxygens (including phenoxy) is 1. The minimum atomic E-state index is -0.593. The maximum absolute atomic E-state index is 12.1. The first-order valence-electron chi connectivity index (χ1n) is 6.96. The fourth-order valence-corrected chi connectivity index (χ4v) is 2.55. The van der Waals surface area contributed by atoms with Crippen LogP contribution in [0.5, 0.6) is 0 Å². The first kappa shape index (κ1) is 15.2. The molecule has 0 aliphatic carbocycles. The average Bonchev–Trinajstić information content (AvgIpc) is 2.92. The highest BCUT2D eigenvalue weighted by Crippen LogP contribution is 2.24. The predicted octanol–water partition coefficient (Wildman–Crippen LogP) is 1.72. The third-order valence-electron chi connectivity index (χ3n) is 3.76. The number of anilines is 1. The summed E-state index contributed by atoms with van der Waals surface area (Å²) in [6.45, 7) is 3.27. The number of nitrogen functional groups attached to an aromatic ring is 1. The summed E-state index contributed by atoms with van der Waals surface area (Å²) in [7, 11) is 0. The van der Waals surface area contributed by atoms with Crippen molar-refractivity contribution in [2.75, 3.05) is 18.9 Å². The van der Waals surface area contributed by atoms with Gasteiger partial charge in [0.15, 0.2) is 0 Å². The molecule has 1 fully saturated rings. The summed E-state index contributed by atoms with van der Waals surface area (Å²) < 4.78 is 5.56. The summed E-state index contributed by atoms with van der Waals surface area (Å²) in [4.78, 5) is 22.3. The minimum absolute atomic E-state index is 0.0480. The molecule has 21 heavy (non-hydrogen) atoms. The fraction of sp³-hybridized carbons (Fsp3) is 0.500. The third kappa shape index (κ3) is 3.49. The van der Waals surface area contributed by atoms with Crippen LogP contribution < -0.4 is 11.1 Å². The van der Waals surface area contributed by atoms with Gasteiger partial charge in [0.2, 0.25) is 0 Å². The number of nitrogens with two attached hydrogens (primary N) is 1. The largest absolute Gasteiger partial charge is 0.393 e. The number of hydrogen-bond donors (Lipinski definition) is 2. The van der Waals surface area contributed by atoms with E-state index in [0.717, 1.165) is 12.8 Å². The van der Waals surface area contributed by atoms with Crippen molar-refractivity contribution in [1.82, 2.24) is 5.32 Å². The van der Waals surface area contributed by atoms with Crippen LogP contribution in [-0.4, -0.2) is 30.1 Å². The zero-order valence-electron chi connectivity index (χ0n) is 11.9. The monoisotopic (exact) mass is 293 g/mol. The zero-order valence-corrected chi connectivity index (χ0v) is 11.9. The van der Waals surface area contributed by atoms with Crippen LogP contribution in [0.15, 0.2) is 18.2 Å². The molecule has 0 spiro atoms. The van der Waals surface area contributed by atoms with Gasteiger partial charge in [-0.25, -0.2) is 0 Å². The molecule has 0 radical (unpaired) electrons. The number of nitrogens with one attached hydrogen (secondary N) is 1. The maximum atomic E-state index is 12.1. The molecule has 1 aliphatic rings. The first-order valence-corrected chi connectivity index (χ1v) is 6.96. The number of amides is 1. The standard InChI is InChI=1S/C14H19N3O4/c1-2-13-10(5-6-21-13)8-16-14(18)9-3-4-11(15)12(7-9)17(19)20/h3-4,7,10,13H,2,5-6,8,15H2,1H3,(H,16,18). The van der Waals surface area contributed by atoms with E-state index in [1.54, 1.807) is 0 Å². The van der Waals surface area contributed by atoms with Crippen LogP contribution in [0.2, 0.25) is 0 Å². The van der Waals surface area contributed by atoms with E-state index in [1.807, 2.05) is 6.92 Å². The molecule has 2 atom stereocenters. The number of rotatable bonds is 5. The van der Waals surface area contributed by atoms with Gasteiger partial charge < -0.3 is 15.8 Å². The molecule has 1 amide bonds. The van der Waals surface area contributed by atoms with Gasteiger partial charge in [-0.05, 0) is 25.0 Å². The van der Waals surface area contributed by atoms with E-state index in [9.17, 15) is 14.9 Å². The molecule has 0 saturated carbocycles. The Morgan fingerprint density at radius 2 is 2.33 bits per heavy atom. The highest BCUT2D eigenvalue weighted by Gasteiger charge is 2.27. The van der Waals surface area contributed by atoms with Crippen molar-refractivity contribution in [2.24, 2.45) is 5.92 Å². The van der Waals surface area contributed by atoms with Gasteiger partial charge in [0.25, 0.3) is 11.6 Å². The molecule has 3 N–H and O–H groups in total. The lowest BCUT2D eigenvalue weighted by Crippen LogP contribution is -2.32. The highest BCUT2D eigenvalue weighted by molar-refractivity contribution is 5.95. The van der Waals surface area contributed by atoms with Gasteiger partial charge in [-0.2, -0.15) is 0 Å². The topological polar surface area (TPSA) is 107 Å². The predicted molar refractivity (Wildman–Crippen MR) is 78.0 cm³/mol. The second kappa shape index (κ2) is 6.53. The van der Waals surface area contributed by atoms with E-state index >= 15 is 0 Å². The Labute approximate surface area is 122 Å². The summed E-state index contributed by atoms with van der Waals surface area (Å²) in [5.41, 5.74) is 5.55. The lowest BCUT2D eigenvalue weighted by molar-refractivity contribution is -0.383. The molecule has 114 valence electrons. The Balaban J connectivity index is 2.00. The normalized spacial score (nSPS) is 21.2. The first-order chi connectivity index (χ1) is 10.0. The second-order valence-corrected chi connectivity index (χ2v) is 5.11. The number of nitro benzene ring substituents is 1.